The van der Waals surface area contributed by atoms with E-state index in [-0.39, 0.29) is 5.91 Å². The maximum Gasteiger partial charge on any atom is 0.217 e. The smallest absolute Gasteiger partial charge is 0.217 e. The number of benzene rings is 2. The monoisotopic (exact) mass is 375 g/mol. The Morgan fingerprint density at radius 2 is 1.71 bits per heavy atom. The summed E-state index contributed by atoms with van der Waals surface area (Å²) in [5, 5.41) is 3.92. The first-order chi connectivity index (χ1) is 13.6. The molecule has 1 amide bonds. The van der Waals surface area contributed by atoms with Gasteiger partial charge in [-0.3, -0.25) is 4.79 Å². The average Bonchev–Trinajstić information content (AvgIpc) is 2.72. The highest BCUT2D eigenvalue weighted by Crippen LogP contribution is 2.29. The van der Waals surface area contributed by atoms with E-state index in [1.807, 2.05) is 0 Å². The molecule has 1 aliphatic heterocycles. The Balaban J connectivity index is 1.63. The Labute approximate surface area is 165 Å². The van der Waals surface area contributed by atoms with Gasteiger partial charge in [0.2, 0.25) is 5.91 Å². The number of anilines is 1. The van der Waals surface area contributed by atoms with Crippen LogP contribution in [0.1, 0.15) is 12.5 Å². The molecule has 1 aliphatic rings. The third kappa shape index (κ3) is 3.97. The number of amides is 1. The van der Waals surface area contributed by atoms with Crippen molar-refractivity contribution in [3.63, 3.8) is 0 Å². The van der Waals surface area contributed by atoms with Crippen LogP contribution in [-0.2, 0) is 11.3 Å². The van der Waals surface area contributed by atoms with E-state index >= 15 is 0 Å². The van der Waals surface area contributed by atoms with E-state index in [1.165, 1.54) is 6.92 Å². The van der Waals surface area contributed by atoms with Crippen LogP contribution in [0.2, 0.25) is 0 Å². The van der Waals surface area contributed by atoms with Crippen LogP contribution in [0.15, 0.2) is 48.8 Å². The van der Waals surface area contributed by atoms with Gasteiger partial charge in [0.25, 0.3) is 0 Å². The quantitative estimate of drug-likeness (QED) is 0.760. The van der Waals surface area contributed by atoms with Gasteiger partial charge in [0.1, 0.15) is 12.1 Å². The highest BCUT2D eigenvalue weighted by Gasteiger charge is 2.18. The maximum absolute atomic E-state index is 11.1. The van der Waals surface area contributed by atoms with Crippen molar-refractivity contribution in [2.24, 2.45) is 0 Å². The topological polar surface area (TPSA) is 61.4 Å². The van der Waals surface area contributed by atoms with E-state index < -0.39 is 0 Å². The van der Waals surface area contributed by atoms with E-state index in [1.54, 1.807) is 6.33 Å². The van der Waals surface area contributed by atoms with Crippen molar-refractivity contribution in [3.05, 3.63) is 54.4 Å². The minimum atomic E-state index is -0.0185. The number of likely N-dealkylation sites (N-methyl/N-ethyl adjacent to an activating group) is 1. The molecule has 2 aromatic carbocycles. The van der Waals surface area contributed by atoms with Crippen molar-refractivity contribution in [2.45, 2.75) is 13.5 Å². The zero-order valence-corrected chi connectivity index (χ0v) is 16.4. The molecule has 0 aliphatic carbocycles. The summed E-state index contributed by atoms with van der Waals surface area (Å²) in [6.45, 7) is 6.12. The van der Waals surface area contributed by atoms with Gasteiger partial charge in [0, 0.05) is 45.0 Å². The Bertz CT molecular complexity index is 978. The number of fused-ring (bicyclic) bond motifs is 1. The van der Waals surface area contributed by atoms with Gasteiger partial charge < -0.3 is 15.1 Å². The molecule has 144 valence electrons. The van der Waals surface area contributed by atoms with E-state index in [0.717, 1.165) is 59.6 Å². The fourth-order valence-corrected chi connectivity index (χ4v) is 3.53. The summed E-state index contributed by atoms with van der Waals surface area (Å²) in [5.74, 6) is 0.997. The fourth-order valence-electron chi connectivity index (χ4n) is 3.53. The van der Waals surface area contributed by atoms with Crippen LogP contribution in [-0.4, -0.2) is 54.0 Å². The Morgan fingerprint density at radius 1 is 1.00 bits per heavy atom. The van der Waals surface area contributed by atoms with E-state index in [9.17, 15) is 4.79 Å². The second-order valence-corrected chi connectivity index (χ2v) is 7.33. The second-order valence-electron chi connectivity index (χ2n) is 7.33. The Morgan fingerprint density at radius 3 is 2.43 bits per heavy atom. The third-order valence-corrected chi connectivity index (χ3v) is 5.25. The lowest BCUT2D eigenvalue weighted by atomic mass is 10.0. The van der Waals surface area contributed by atoms with E-state index in [4.69, 9.17) is 0 Å². The molecule has 0 bridgehead atoms. The van der Waals surface area contributed by atoms with Crippen molar-refractivity contribution >= 4 is 22.6 Å². The lowest BCUT2D eigenvalue weighted by Crippen LogP contribution is -2.44. The average molecular weight is 375 g/mol. The number of rotatable bonds is 4. The summed E-state index contributed by atoms with van der Waals surface area (Å²) < 4.78 is 0. The highest BCUT2D eigenvalue weighted by molar-refractivity contribution is 5.93. The summed E-state index contributed by atoms with van der Waals surface area (Å²) in [7, 11) is 2.16. The van der Waals surface area contributed by atoms with Crippen molar-refractivity contribution in [2.75, 3.05) is 38.1 Å². The highest BCUT2D eigenvalue weighted by atomic mass is 16.1. The molecule has 6 heteroatoms. The fraction of sp³-hybridized carbons (Fsp3) is 0.318. The number of nitrogens with one attached hydrogen (secondary N) is 1. The molecule has 1 N–H and O–H groups in total. The van der Waals surface area contributed by atoms with Gasteiger partial charge >= 0.3 is 0 Å². The Kier molecular flexibility index (Phi) is 5.21. The molecular formula is C22H25N5O. The molecule has 1 fully saturated rings. The standard InChI is InChI=1S/C22H25N5O/c1-16(28)23-14-17-3-5-18(6-4-17)19-7-8-21-20(13-19)22(25-15-24-21)27-11-9-26(2)10-12-27/h3-8,13,15H,9-12,14H2,1-2H3,(H,23,28). The number of carbonyl (C=O) groups is 1. The number of hydrogen-bond donors (Lipinski definition) is 1. The molecule has 0 saturated carbocycles. The molecule has 6 nitrogen and oxygen atoms in total. The first-order valence-electron chi connectivity index (χ1n) is 9.62. The lowest BCUT2D eigenvalue weighted by Gasteiger charge is -2.33. The number of piperazine rings is 1. The predicted octanol–water partition coefficient (Wildman–Crippen LogP) is 2.68. The van der Waals surface area contributed by atoms with Crippen molar-refractivity contribution in [3.8, 4) is 11.1 Å². The zero-order chi connectivity index (χ0) is 19.5. The maximum atomic E-state index is 11.1. The normalized spacial score (nSPS) is 15.0. The van der Waals surface area contributed by atoms with E-state index in [0.29, 0.717) is 6.54 Å². The van der Waals surface area contributed by atoms with Gasteiger partial charge in [0.15, 0.2) is 0 Å². The molecule has 1 aromatic heterocycles. The molecule has 0 spiro atoms. The van der Waals surface area contributed by atoms with Gasteiger partial charge in [0.05, 0.1) is 5.52 Å². The van der Waals surface area contributed by atoms with Gasteiger partial charge in [-0.2, -0.15) is 0 Å². The SMILES string of the molecule is CC(=O)NCc1ccc(-c2ccc3ncnc(N4CCN(C)CC4)c3c2)cc1. The molecule has 28 heavy (non-hydrogen) atoms. The number of carbonyl (C=O) groups excluding carboxylic acids is 1. The molecule has 3 aromatic rings. The second kappa shape index (κ2) is 7.94. The van der Waals surface area contributed by atoms with Crippen LogP contribution in [0.3, 0.4) is 0 Å². The first kappa shape index (κ1) is 18.4. The van der Waals surface area contributed by atoms with Crippen molar-refractivity contribution < 1.29 is 4.79 Å². The number of nitrogens with zero attached hydrogens (tertiary/aromatic N) is 4. The summed E-state index contributed by atoms with van der Waals surface area (Å²) in [4.78, 5) is 24.8. The predicted molar refractivity (Wildman–Crippen MR) is 112 cm³/mol. The number of hydrogen-bond acceptors (Lipinski definition) is 5. The third-order valence-electron chi connectivity index (χ3n) is 5.25. The Hall–Kier alpha value is -2.99. The van der Waals surface area contributed by atoms with Gasteiger partial charge in [-0.25, -0.2) is 9.97 Å². The molecule has 4 rings (SSSR count). The first-order valence-corrected chi connectivity index (χ1v) is 9.62. The van der Waals surface area contributed by atoms with Gasteiger partial charge in [-0.05, 0) is 35.9 Å². The summed E-state index contributed by atoms with van der Waals surface area (Å²) >= 11 is 0. The summed E-state index contributed by atoms with van der Waals surface area (Å²) in [6, 6.07) is 14.7. The van der Waals surface area contributed by atoms with Crippen LogP contribution >= 0.6 is 0 Å². The van der Waals surface area contributed by atoms with Crippen LogP contribution < -0.4 is 10.2 Å². The molecule has 1 saturated heterocycles. The van der Waals surface area contributed by atoms with Crippen molar-refractivity contribution in [1.82, 2.24) is 20.2 Å². The minimum absolute atomic E-state index is 0.0185. The van der Waals surface area contributed by atoms with Crippen LogP contribution in [0, 0.1) is 0 Å². The van der Waals surface area contributed by atoms with Gasteiger partial charge in [-0.1, -0.05) is 30.3 Å². The minimum Gasteiger partial charge on any atom is -0.353 e. The van der Waals surface area contributed by atoms with Crippen LogP contribution in [0.25, 0.3) is 22.0 Å². The molecule has 0 unspecified atom stereocenters. The molecular weight excluding hydrogens is 350 g/mol. The molecule has 0 radical (unpaired) electrons. The lowest BCUT2D eigenvalue weighted by molar-refractivity contribution is -0.119. The number of aromatic nitrogens is 2. The van der Waals surface area contributed by atoms with Crippen LogP contribution in [0.5, 0.6) is 0 Å². The van der Waals surface area contributed by atoms with Crippen molar-refractivity contribution in [1.29, 1.82) is 0 Å². The summed E-state index contributed by atoms with van der Waals surface area (Å²) in [5.41, 5.74) is 4.33. The van der Waals surface area contributed by atoms with Crippen LogP contribution in [0.4, 0.5) is 5.82 Å². The van der Waals surface area contributed by atoms with Gasteiger partial charge in [-0.15, -0.1) is 0 Å². The van der Waals surface area contributed by atoms with E-state index in [2.05, 4.69) is 74.6 Å². The summed E-state index contributed by atoms with van der Waals surface area (Å²) in [6.07, 6.45) is 1.66. The largest absolute Gasteiger partial charge is 0.353 e. The molecule has 0 atom stereocenters. The zero-order valence-electron chi connectivity index (χ0n) is 16.4. The molecule has 2 heterocycles.